The van der Waals surface area contributed by atoms with Gasteiger partial charge in [-0.1, -0.05) is 0 Å². The first-order valence-electron chi connectivity index (χ1n) is 6.96. The number of carbonyl (C=O) groups is 2. The second kappa shape index (κ2) is 7.44. The third-order valence-electron chi connectivity index (χ3n) is 3.07. The molecule has 2 aromatic carbocycles. The molecular formula is C16H6F8O4. The van der Waals surface area contributed by atoms with Gasteiger partial charge in [0.05, 0.1) is 11.1 Å². The topological polar surface area (TPSA) is 52.6 Å². The highest BCUT2D eigenvalue weighted by molar-refractivity contribution is 6.31. The minimum atomic E-state index is -5.12. The zero-order valence-corrected chi connectivity index (χ0v) is 13.1. The molecule has 150 valence electrons. The number of alkyl halides is 6. The minimum absolute atomic E-state index is 0.0974. The molecule has 2 rings (SSSR count). The first kappa shape index (κ1) is 21.1. The van der Waals surface area contributed by atoms with E-state index < -0.39 is 58.6 Å². The summed E-state index contributed by atoms with van der Waals surface area (Å²) in [6.07, 6.45) is -10.2. The third-order valence-corrected chi connectivity index (χ3v) is 3.07. The van der Waals surface area contributed by atoms with Crippen molar-refractivity contribution in [1.29, 1.82) is 0 Å². The van der Waals surface area contributed by atoms with Gasteiger partial charge in [-0.15, -0.1) is 0 Å². The van der Waals surface area contributed by atoms with Crippen LogP contribution in [0.3, 0.4) is 0 Å². The van der Waals surface area contributed by atoms with Crippen molar-refractivity contribution in [2.45, 2.75) is 12.4 Å². The lowest BCUT2D eigenvalue weighted by Crippen LogP contribution is -2.26. The second-order valence-electron chi connectivity index (χ2n) is 5.06. The van der Waals surface area contributed by atoms with Crippen LogP contribution in [-0.4, -0.2) is 11.9 Å². The summed E-state index contributed by atoms with van der Waals surface area (Å²) in [6, 6.07) is 2.06. The summed E-state index contributed by atoms with van der Waals surface area (Å²) in [7, 11) is 0. The smallest absolute Gasteiger partial charge is 0.418 e. The molecule has 0 bridgehead atoms. The lowest BCUT2D eigenvalue weighted by molar-refractivity contribution is -0.156. The fourth-order valence-electron chi connectivity index (χ4n) is 1.87. The van der Waals surface area contributed by atoms with Crippen LogP contribution in [0.25, 0.3) is 0 Å². The van der Waals surface area contributed by atoms with E-state index in [4.69, 9.17) is 0 Å². The summed E-state index contributed by atoms with van der Waals surface area (Å²) >= 11 is 0. The third kappa shape index (κ3) is 4.96. The van der Waals surface area contributed by atoms with Crippen LogP contribution in [0.1, 0.15) is 11.1 Å². The number of ether oxygens (including phenoxy) is 2. The van der Waals surface area contributed by atoms with Crippen molar-refractivity contribution < 1.29 is 54.2 Å². The number of halogens is 8. The lowest BCUT2D eigenvalue weighted by Gasteiger charge is -2.11. The van der Waals surface area contributed by atoms with Crippen LogP contribution in [0.4, 0.5) is 35.1 Å². The molecule has 0 atom stereocenters. The van der Waals surface area contributed by atoms with E-state index in [9.17, 15) is 44.7 Å². The van der Waals surface area contributed by atoms with Crippen LogP contribution >= 0.6 is 0 Å². The Morgan fingerprint density at radius 1 is 0.643 bits per heavy atom. The van der Waals surface area contributed by atoms with Crippen molar-refractivity contribution in [3.63, 3.8) is 0 Å². The SMILES string of the molecule is O=C(Oc1ccc(F)c(C(F)(F)F)c1)C(=O)Oc1ccc(F)c(C(F)(F)F)c1. The monoisotopic (exact) mass is 414 g/mol. The van der Waals surface area contributed by atoms with E-state index in [1.807, 2.05) is 0 Å². The molecule has 0 saturated heterocycles. The Bertz CT molecular complexity index is 842. The maximum Gasteiger partial charge on any atom is 0.423 e. The molecule has 28 heavy (non-hydrogen) atoms. The number of rotatable bonds is 2. The van der Waals surface area contributed by atoms with E-state index in [1.54, 1.807) is 0 Å². The Balaban J connectivity index is 2.16. The van der Waals surface area contributed by atoms with Crippen molar-refractivity contribution in [3.05, 3.63) is 59.2 Å². The lowest BCUT2D eigenvalue weighted by atomic mass is 10.2. The zero-order chi connectivity index (χ0) is 21.3. The molecule has 12 heteroatoms. The van der Waals surface area contributed by atoms with Crippen molar-refractivity contribution in [1.82, 2.24) is 0 Å². The second-order valence-corrected chi connectivity index (χ2v) is 5.06. The molecule has 0 aliphatic heterocycles. The van der Waals surface area contributed by atoms with E-state index >= 15 is 0 Å². The maximum absolute atomic E-state index is 13.1. The van der Waals surface area contributed by atoms with Gasteiger partial charge in [-0.2, -0.15) is 26.3 Å². The van der Waals surface area contributed by atoms with Gasteiger partial charge >= 0.3 is 24.3 Å². The molecule has 0 saturated carbocycles. The van der Waals surface area contributed by atoms with Crippen LogP contribution in [-0.2, 0) is 21.9 Å². The van der Waals surface area contributed by atoms with Gasteiger partial charge in [0.2, 0.25) is 0 Å². The molecule has 0 radical (unpaired) electrons. The van der Waals surface area contributed by atoms with Crippen molar-refractivity contribution >= 4 is 11.9 Å². The Morgan fingerprint density at radius 3 is 1.25 bits per heavy atom. The fourth-order valence-corrected chi connectivity index (χ4v) is 1.87. The van der Waals surface area contributed by atoms with E-state index in [1.165, 1.54) is 0 Å². The first-order valence-corrected chi connectivity index (χ1v) is 6.96. The molecule has 2 aromatic rings. The average molecular weight is 414 g/mol. The van der Waals surface area contributed by atoms with Crippen LogP contribution in [0.2, 0.25) is 0 Å². The standard InChI is InChI=1S/C16H6F8O4/c17-11-3-1-7(5-9(11)15(19,20)21)27-13(25)14(26)28-8-2-4-12(18)10(6-8)16(22,23)24/h1-6H. The highest BCUT2D eigenvalue weighted by Gasteiger charge is 2.36. The number of hydrogen-bond acceptors (Lipinski definition) is 4. The van der Waals surface area contributed by atoms with Crippen molar-refractivity contribution in [2.75, 3.05) is 0 Å². The number of hydrogen-bond donors (Lipinski definition) is 0. The van der Waals surface area contributed by atoms with E-state index in [0.29, 0.717) is 24.3 Å². The molecule has 0 heterocycles. The summed E-state index contributed by atoms with van der Waals surface area (Å²) in [5, 5.41) is 0. The molecule has 0 aromatic heterocycles. The molecule has 4 nitrogen and oxygen atoms in total. The number of esters is 2. The first-order chi connectivity index (χ1) is 12.8. The van der Waals surface area contributed by atoms with Gasteiger partial charge in [0, 0.05) is 0 Å². The summed E-state index contributed by atoms with van der Waals surface area (Å²) in [5.41, 5.74) is -3.56. The Hall–Kier alpha value is -3.18. The summed E-state index contributed by atoms with van der Waals surface area (Å²) in [4.78, 5) is 23.1. The number of carbonyl (C=O) groups excluding carboxylic acids is 2. The quantitative estimate of drug-likeness (QED) is 0.314. The fraction of sp³-hybridized carbons (Fsp3) is 0.125. The van der Waals surface area contributed by atoms with Gasteiger partial charge in [-0.3, -0.25) is 0 Å². The molecule has 0 fully saturated rings. The van der Waals surface area contributed by atoms with Gasteiger partial charge in [0.1, 0.15) is 23.1 Å². The van der Waals surface area contributed by atoms with Crippen LogP contribution < -0.4 is 9.47 Å². The van der Waals surface area contributed by atoms with Gasteiger partial charge in [0.15, 0.2) is 0 Å². The predicted molar refractivity (Wildman–Crippen MR) is 74.1 cm³/mol. The zero-order valence-electron chi connectivity index (χ0n) is 13.1. The minimum Gasteiger partial charge on any atom is -0.418 e. The number of benzene rings is 2. The van der Waals surface area contributed by atoms with Gasteiger partial charge in [0.25, 0.3) is 0 Å². The van der Waals surface area contributed by atoms with E-state index in [2.05, 4.69) is 9.47 Å². The maximum atomic E-state index is 13.1. The largest absolute Gasteiger partial charge is 0.423 e. The normalized spacial score (nSPS) is 11.9. The molecular weight excluding hydrogens is 408 g/mol. The Kier molecular flexibility index (Phi) is 5.62. The predicted octanol–water partition coefficient (Wildman–Crippen LogP) is 4.51. The molecule has 0 amide bonds. The van der Waals surface area contributed by atoms with Gasteiger partial charge in [-0.05, 0) is 36.4 Å². The van der Waals surface area contributed by atoms with E-state index in [0.717, 1.165) is 0 Å². The van der Waals surface area contributed by atoms with Gasteiger partial charge < -0.3 is 9.47 Å². The molecule has 0 N–H and O–H groups in total. The molecule has 0 spiro atoms. The van der Waals surface area contributed by atoms with Crippen LogP contribution in [0, 0.1) is 11.6 Å². The summed E-state index contributed by atoms with van der Waals surface area (Å²) < 4.78 is 110. The van der Waals surface area contributed by atoms with Gasteiger partial charge in [-0.25, -0.2) is 18.4 Å². The highest BCUT2D eigenvalue weighted by atomic mass is 19.4. The highest BCUT2D eigenvalue weighted by Crippen LogP contribution is 2.34. The molecule has 0 aliphatic carbocycles. The van der Waals surface area contributed by atoms with Crippen molar-refractivity contribution in [3.8, 4) is 11.5 Å². The average Bonchev–Trinajstić information content (AvgIpc) is 2.56. The molecule has 0 unspecified atom stereocenters. The Morgan fingerprint density at radius 2 is 0.964 bits per heavy atom. The summed E-state index contributed by atoms with van der Waals surface area (Å²) in [5.74, 6) is -8.88. The van der Waals surface area contributed by atoms with E-state index in [-0.39, 0.29) is 12.1 Å². The Labute approximate surface area is 150 Å². The van der Waals surface area contributed by atoms with Crippen LogP contribution in [0.15, 0.2) is 36.4 Å². The summed E-state index contributed by atoms with van der Waals surface area (Å²) in [6.45, 7) is 0. The van der Waals surface area contributed by atoms with Crippen LogP contribution in [0.5, 0.6) is 11.5 Å². The molecule has 0 aliphatic rings. The van der Waals surface area contributed by atoms with Crippen molar-refractivity contribution in [2.24, 2.45) is 0 Å².